The van der Waals surface area contributed by atoms with Gasteiger partial charge in [-0.15, -0.1) is 0 Å². The summed E-state index contributed by atoms with van der Waals surface area (Å²) in [6, 6.07) is 6.44. The van der Waals surface area contributed by atoms with Crippen molar-refractivity contribution in [3.8, 4) is 0 Å². The average molecular weight is 250 g/mol. The summed E-state index contributed by atoms with van der Waals surface area (Å²) in [6.45, 7) is 2.10. The highest BCUT2D eigenvalue weighted by Gasteiger charge is 2.17. The number of esters is 1. The first-order valence-corrected chi connectivity index (χ1v) is 5.72. The first-order chi connectivity index (χ1) is 8.69. The SMILES string of the molecule is COC(=O)/C=C1/NCCN1Cc1cccc(F)c1. The van der Waals surface area contributed by atoms with Crippen LogP contribution in [0.5, 0.6) is 0 Å². The Morgan fingerprint density at radius 2 is 2.44 bits per heavy atom. The van der Waals surface area contributed by atoms with E-state index in [1.165, 1.54) is 25.3 Å². The molecule has 1 heterocycles. The van der Waals surface area contributed by atoms with Gasteiger partial charge in [0.15, 0.2) is 0 Å². The highest BCUT2D eigenvalue weighted by atomic mass is 19.1. The smallest absolute Gasteiger partial charge is 0.334 e. The number of carbonyl (C=O) groups excluding carboxylic acids is 1. The largest absolute Gasteiger partial charge is 0.466 e. The highest BCUT2D eigenvalue weighted by molar-refractivity contribution is 5.82. The quantitative estimate of drug-likeness (QED) is 0.647. The minimum Gasteiger partial charge on any atom is -0.466 e. The number of carbonyl (C=O) groups is 1. The van der Waals surface area contributed by atoms with Gasteiger partial charge in [-0.3, -0.25) is 0 Å². The van der Waals surface area contributed by atoms with Crippen LogP contribution in [0.2, 0.25) is 0 Å². The molecule has 0 aliphatic carbocycles. The molecule has 1 aromatic rings. The number of nitrogens with one attached hydrogen (secondary N) is 1. The number of hydrogen-bond acceptors (Lipinski definition) is 4. The van der Waals surface area contributed by atoms with E-state index in [0.29, 0.717) is 12.4 Å². The van der Waals surface area contributed by atoms with E-state index >= 15 is 0 Å². The fourth-order valence-corrected chi connectivity index (χ4v) is 1.88. The molecule has 1 aliphatic rings. The zero-order chi connectivity index (χ0) is 13.0. The number of nitrogens with zero attached hydrogens (tertiary/aromatic N) is 1. The summed E-state index contributed by atoms with van der Waals surface area (Å²) >= 11 is 0. The Morgan fingerprint density at radius 3 is 3.17 bits per heavy atom. The molecule has 0 amide bonds. The fraction of sp³-hybridized carbons (Fsp3) is 0.308. The molecule has 0 aromatic heterocycles. The third kappa shape index (κ3) is 3.00. The summed E-state index contributed by atoms with van der Waals surface area (Å²) in [5, 5.41) is 3.10. The topological polar surface area (TPSA) is 41.6 Å². The van der Waals surface area contributed by atoms with E-state index in [4.69, 9.17) is 0 Å². The molecule has 1 aliphatic heterocycles. The number of ether oxygens (including phenoxy) is 1. The molecule has 5 heteroatoms. The molecule has 0 unspecified atom stereocenters. The zero-order valence-electron chi connectivity index (χ0n) is 10.1. The molecule has 1 saturated heterocycles. The Labute approximate surface area is 105 Å². The van der Waals surface area contributed by atoms with Crippen LogP contribution >= 0.6 is 0 Å². The van der Waals surface area contributed by atoms with E-state index in [1.54, 1.807) is 6.07 Å². The molecule has 1 aromatic carbocycles. The molecule has 96 valence electrons. The first-order valence-electron chi connectivity index (χ1n) is 5.72. The van der Waals surface area contributed by atoms with Crippen LogP contribution in [0, 0.1) is 5.82 Å². The van der Waals surface area contributed by atoms with Crippen LogP contribution in [0.15, 0.2) is 36.2 Å². The minimum atomic E-state index is -0.399. The Hall–Kier alpha value is -2.04. The molecule has 2 rings (SSSR count). The predicted octanol–water partition coefficient (Wildman–Crippen LogP) is 1.25. The van der Waals surface area contributed by atoms with Crippen molar-refractivity contribution in [2.45, 2.75) is 6.54 Å². The Bertz CT molecular complexity index is 474. The van der Waals surface area contributed by atoms with Crippen molar-refractivity contribution in [1.29, 1.82) is 0 Å². The predicted molar refractivity (Wildman–Crippen MR) is 64.9 cm³/mol. The van der Waals surface area contributed by atoms with Gasteiger partial charge >= 0.3 is 5.97 Å². The molecule has 0 saturated carbocycles. The van der Waals surface area contributed by atoms with E-state index in [0.717, 1.165) is 18.7 Å². The maximum atomic E-state index is 13.1. The lowest BCUT2D eigenvalue weighted by Crippen LogP contribution is -2.21. The number of benzene rings is 1. The van der Waals surface area contributed by atoms with Crippen LogP contribution in [0.3, 0.4) is 0 Å². The minimum absolute atomic E-state index is 0.252. The summed E-state index contributed by atoms with van der Waals surface area (Å²) in [7, 11) is 1.34. The van der Waals surface area contributed by atoms with Crippen LogP contribution in [0.1, 0.15) is 5.56 Å². The zero-order valence-corrected chi connectivity index (χ0v) is 10.1. The molecule has 1 N–H and O–H groups in total. The molecule has 0 bridgehead atoms. The second-order valence-electron chi connectivity index (χ2n) is 4.03. The van der Waals surface area contributed by atoms with E-state index in [-0.39, 0.29) is 5.82 Å². The van der Waals surface area contributed by atoms with Crippen molar-refractivity contribution < 1.29 is 13.9 Å². The maximum absolute atomic E-state index is 13.1. The highest BCUT2D eigenvalue weighted by Crippen LogP contribution is 2.14. The summed E-state index contributed by atoms with van der Waals surface area (Å²) in [5.74, 6) is 0.0629. The number of methoxy groups -OCH3 is 1. The molecule has 18 heavy (non-hydrogen) atoms. The second-order valence-corrected chi connectivity index (χ2v) is 4.03. The van der Waals surface area contributed by atoms with Crippen molar-refractivity contribution in [3.05, 3.63) is 47.5 Å². The van der Waals surface area contributed by atoms with E-state index < -0.39 is 5.97 Å². The van der Waals surface area contributed by atoms with Crippen LogP contribution in [0.4, 0.5) is 4.39 Å². The van der Waals surface area contributed by atoms with Gasteiger partial charge in [-0.1, -0.05) is 12.1 Å². The monoisotopic (exact) mass is 250 g/mol. The van der Waals surface area contributed by atoms with E-state index in [2.05, 4.69) is 10.1 Å². The molecular weight excluding hydrogens is 235 g/mol. The summed E-state index contributed by atoms with van der Waals surface area (Å²) in [5.41, 5.74) is 0.870. The van der Waals surface area contributed by atoms with Gasteiger partial charge in [0.2, 0.25) is 0 Å². The summed E-state index contributed by atoms with van der Waals surface area (Å²) < 4.78 is 17.7. The molecule has 0 radical (unpaired) electrons. The lowest BCUT2D eigenvalue weighted by Gasteiger charge is -2.18. The van der Waals surface area contributed by atoms with Gasteiger partial charge in [-0.05, 0) is 17.7 Å². The van der Waals surface area contributed by atoms with E-state index in [1.807, 2.05) is 11.0 Å². The van der Waals surface area contributed by atoms with Crippen molar-refractivity contribution in [1.82, 2.24) is 10.2 Å². The Kier molecular flexibility index (Phi) is 3.82. The van der Waals surface area contributed by atoms with Crippen molar-refractivity contribution >= 4 is 5.97 Å². The summed E-state index contributed by atoms with van der Waals surface area (Å²) in [6.07, 6.45) is 1.41. The standard InChI is InChI=1S/C13H15FN2O2/c1-18-13(17)8-12-15-5-6-16(12)9-10-3-2-4-11(14)7-10/h2-4,7-8,15H,5-6,9H2,1H3/b12-8-. The lowest BCUT2D eigenvalue weighted by atomic mass is 10.2. The Morgan fingerprint density at radius 1 is 1.61 bits per heavy atom. The number of hydrogen-bond donors (Lipinski definition) is 1. The molecule has 0 atom stereocenters. The van der Waals surface area contributed by atoms with Crippen molar-refractivity contribution in [2.24, 2.45) is 0 Å². The normalized spacial score (nSPS) is 16.8. The second kappa shape index (κ2) is 5.53. The molecule has 1 fully saturated rings. The van der Waals surface area contributed by atoms with Crippen LogP contribution < -0.4 is 5.32 Å². The maximum Gasteiger partial charge on any atom is 0.334 e. The van der Waals surface area contributed by atoms with Crippen molar-refractivity contribution in [2.75, 3.05) is 20.2 Å². The van der Waals surface area contributed by atoms with Gasteiger partial charge in [0, 0.05) is 19.6 Å². The van der Waals surface area contributed by atoms with Crippen LogP contribution in [-0.4, -0.2) is 31.1 Å². The average Bonchev–Trinajstić information content (AvgIpc) is 2.76. The molecule has 4 nitrogen and oxygen atoms in total. The summed E-state index contributed by atoms with van der Waals surface area (Å²) in [4.78, 5) is 13.2. The lowest BCUT2D eigenvalue weighted by molar-refractivity contribution is -0.135. The van der Waals surface area contributed by atoms with Crippen LogP contribution in [0.25, 0.3) is 0 Å². The van der Waals surface area contributed by atoms with Crippen molar-refractivity contribution in [3.63, 3.8) is 0 Å². The van der Waals surface area contributed by atoms with Gasteiger partial charge < -0.3 is 15.0 Å². The van der Waals surface area contributed by atoms with Gasteiger partial charge in [0.1, 0.15) is 11.6 Å². The fourth-order valence-electron chi connectivity index (χ4n) is 1.88. The van der Waals surface area contributed by atoms with Gasteiger partial charge in [0.25, 0.3) is 0 Å². The third-order valence-electron chi connectivity index (χ3n) is 2.75. The van der Waals surface area contributed by atoms with Crippen LogP contribution in [-0.2, 0) is 16.1 Å². The number of rotatable bonds is 3. The molecular formula is C13H15FN2O2. The third-order valence-corrected chi connectivity index (χ3v) is 2.75. The van der Waals surface area contributed by atoms with E-state index in [9.17, 15) is 9.18 Å². The van der Waals surface area contributed by atoms with Gasteiger partial charge in [-0.25, -0.2) is 9.18 Å². The van der Waals surface area contributed by atoms with Gasteiger partial charge in [0.05, 0.1) is 13.2 Å². The first kappa shape index (κ1) is 12.4. The Balaban J connectivity index is 2.08. The molecule has 0 spiro atoms. The number of halogens is 1. The van der Waals surface area contributed by atoms with Gasteiger partial charge in [-0.2, -0.15) is 0 Å².